The molecule has 1 aromatic carbocycles. The third-order valence-electron chi connectivity index (χ3n) is 4.95. The Kier molecular flexibility index (Phi) is 8.00. The van der Waals surface area contributed by atoms with Crippen LogP contribution in [-0.2, 0) is 4.79 Å². The van der Waals surface area contributed by atoms with E-state index in [1.165, 1.54) is 0 Å². The molecule has 7 heteroatoms. The van der Waals surface area contributed by atoms with Crippen molar-refractivity contribution < 1.29 is 4.79 Å². The first-order valence-corrected chi connectivity index (χ1v) is 10.1. The summed E-state index contributed by atoms with van der Waals surface area (Å²) in [5, 5.41) is 13.3. The zero-order valence-corrected chi connectivity index (χ0v) is 17.7. The molecule has 5 N–H and O–H groups in total. The fraction of sp³-hybridized carbons (Fsp3) is 0.409. The third kappa shape index (κ3) is 5.25. The van der Waals surface area contributed by atoms with Crippen molar-refractivity contribution in [1.82, 2.24) is 10.6 Å². The first-order valence-electron chi connectivity index (χ1n) is 10.1. The molecule has 1 heterocycles. The van der Waals surface area contributed by atoms with Crippen molar-refractivity contribution in [1.29, 1.82) is 5.41 Å². The van der Waals surface area contributed by atoms with Crippen molar-refractivity contribution in [3.8, 4) is 0 Å². The van der Waals surface area contributed by atoms with E-state index < -0.39 is 0 Å². The number of nitrogens with two attached hydrogens (primary N) is 1. The van der Waals surface area contributed by atoms with E-state index in [1.807, 2.05) is 57.3 Å². The van der Waals surface area contributed by atoms with Crippen LogP contribution in [0.15, 0.2) is 46.9 Å². The average molecular weight is 397 g/mol. The van der Waals surface area contributed by atoms with Crippen molar-refractivity contribution in [3.05, 3.63) is 47.4 Å². The number of nitrogens with one attached hydrogen (secondary N) is 3. The van der Waals surface area contributed by atoms with E-state index in [2.05, 4.69) is 17.6 Å². The van der Waals surface area contributed by atoms with E-state index in [4.69, 9.17) is 16.1 Å². The summed E-state index contributed by atoms with van der Waals surface area (Å²) >= 11 is 0. The summed E-state index contributed by atoms with van der Waals surface area (Å²) in [6.07, 6.45) is 6.24. The van der Waals surface area contributed by atoms with Gasteiger partial charge in [0.25, 0.3) is 5.91 Å². The summed E-state index contributed by atoms with van der Waals surface area (Å²) in [7, 11) is 1.85. The molecule has 29 heavy (non-hydrogen) atoms. The lowest BCUT2D eigenvalue weighted by Crippen LogP contribution is -2.34. The molecule has 0 fully saturated rings. The minimum Gasteiger partial charge on any atom is -0.388 e. The van der Waals surface area contributed by atoms with Crippen molar-refractivity contribution >= 4 is 29.3 Å². The summed E-state index contributed by atoms with van der Waals surface area (Å²) in [5.41, 5.74) is 8.62. The van der Waals surface area contributed by atoms with Crippen molar-refractivity contribution in [2.45, 2.75) is 40.0 Å². The van der Waals surface area contributed by atoms with Crippen LogP contribution in [0.1, 0.15) is 45.6 Å². The number of benzene rings is 1. The van der Waals surface area contributed by atoms with E-state index in [1.54, 1.807) is 4.90 Å². The van der Waals surface area contributed by atoms with E-state index in [9.17, 15) is 4.79 Å². The maximum Gasteiger partial charge on any atom is 0.278 e. The number of nitrogens with zero attached hydrogens (tertiary/aromatic N) is 2. The molecule has 1 atom stereocenters. The molecule has 0 bridgehead atoms. The number of carbonyl (C=O) groups is 1. The lowest BCUT2D eigenvalue weighted by atomic mass is 10.0. The Hall–Kier alpha value is -3.09. The van der Waals surface area contributed by atoms with Gasteiger partial charge in [-0.25, -0.2) is 4.99 Å². The first-order chi connectivity index (χ1) is 13.9. The first kappa shape index (κ1) is 22.2. The molecule has 1 unspecified atom stereocenters. The third-order valence-corrected chi connectivity index (χ3v) is 4.95. The number of anilines is 1. The second kappa shape index (κ2) is 10.5. The summed E-state index contributed by atoms with van der Waals surface area (Å²) in [4.78, 5) is 19.9. The fourth-order valence-corrected chi connectivity index (χ4v) is 3.21. The van der Waals surface area contributed by atoms with Gasteiger partial charge in [0.15, 0.2) is 11.8 Å². The summed E-state index contributed by atoms with van der Waals surface area (Å²) in [6.45, 7) is 6.64. The van der Waals surface area contributed by atoms with Gasteiger partial charge in [-0.2, -0.15) is 0 Å². The van der Waals surface area contributed by atoms with Crippen LogP contribution < -0.4 is 21.3 Å². The molecule has 0 aliphatic carbocycles. The Morgan fingerprint density at radius 1 is 1.38 bits per heavy atom. The van der Waals surface area contributed by atoms with E-state index in [0.717, 1.165) is 29.8 Å². The molecule has 156 valence electrons. The molecule has 0 saturated carbocycles. The predicted octanol–water partition coefficient (Wildman–Crippen LogP) is 3.21. The molecular formula is C22H32N6O. The highest BCUT2D eigenvalue weighted by Gasteiger charge is 2.36. The topological polar surface area (TPSA) is 107 Å². The zero-order valence-electron chi connectivity index (χ0n) is 17.7. The molecule has 0 saturated heterocycles. The molecule has 0 aromatic heterocycles. The minimum absolute atomic E-state index is 0.0429. The number of guanidine groups is 1. The Labute approximate surface area is 173 Å². The van der Waals surface area contributed by atoms with E-state index in [0.29, 0.717) is 24.5 Å². The number of carbonyl (C=O) groups excluding carboxylic acids is 1. The molecule has 1 aliphatic rings. The van der Waals surface area contributed by atoms with Crippen LogP contribution in [0, 0.1) is 11.3 Å². The van der Waals surface area contributed by atoms with Gasteiger partial charge in [-0.1, -0.05) is 44.2 Å². The average Bonchev–Trinajstić information content (AvgIpc) is 3.05. The molecule has 2 rings (SSSR count). The Morgan fingerprint density at radius 3 is 2.72 bits per heavy atom. The number of allylic oxidation sites excluding steroid dienone is 2. The van der Waals surface area contributed by atoms with Crippen LogP contribution in [0.5, 0.6) is 0 Å². The van der Waals surface area contributed by atoms with Crippen LogP contribution in [0.2, 0.25) is 0 Å². The number of para-hydroxylation sites is 1. The second-order valence-corrected chi connectivity index (χ2v) is 7.00. The largest absolute Gasteiger partial charge is 0.388 e. The Morgan fingerprint density at radius 2 is 2.10 bits per heavy atom. The van der Waals surface area contributed by atoms with Gasteiger partial charge in [0.2, 0.25) is 0 Å². The van der Waals surface area contributed by atoms with Gasteiger partial charge in [-0.05, 0) is 37.8 Å². The molecule has 1 aliphatic heterocycles. The van der Waals surface area contributed by atoms with Crippen LogP contribution in [-0.4, -0.2) is 31.2 Å². The van der Waals surface area contributed by atoms with Gasteiger partial charge in [-0.15, -0.1) is 0 Å². The van der Waals surface area contributed by atoms with E-state index in [-0.39, 0.29) is 17.8 Å². The summed E-state index contributed by atoms with van der Waals surface area (Å²) in [5.74, 6) is 0.612. The number of hydrogen-bond donors (Lipinski definition) is 4. The van der Waals surface area contributed by atoms with Crippen LogP contribution in [0.3, 0.4) is 0 Å². The zero-order chi connectivity index (χ0) is 21.4. The van der Waals surface area contributed by atoms with Crippen molar-refractivity contribution in [2.24, 2.45) is 16.6 Å². The fourth-order valence-electron chi connectivity index (χ4n) is 3.21. The van der Waals surface area contributed by atoms with Gasteiger partial charge < -0.3 is 16.4 Å². The number of rotatable bonds is 9. The van der Waals surface area contributed by atoms with Gasteiger partial charge in [0, 0.05) is 19.5 Å². The Balaban J connectivity index is 2.49. The van der Waals surface area contributed by atoms with Gasteiger partial charge in [0.05, 0.1) is 11.4 Å². The maximum atomic E-state index is 13.4. The molecule has 1 amide bonds. The predicted molar refractivity (Wildman–Crippen MR) is 121 cm³/mol. The molecule has 0 radical (unpaired) electrons. The maximum absolute atomic E-state index is 13.4. The molecular weight excluding hydrogens is 364 g/mol. The Bertz CT molecular complexity index is 839. The highest BCUT2D eigenvalue weighted by Crippen LogP contribution is 2.33. The number of aliphatic imine (C=N–C) groups is 1. The van der Waals surface area contributed by atoms with Crippen LogP contribution in [0.25, 0.3) is 6.08 Å². The monoisotopic (exact) mass is 396 g/mol. The number of hydrogen-bond acceptors (Lipinski definition) is 4. The van der Waals surface area contributed by atoms with Gasteiger partial charge in [-0.3, -0.25) is 15.1 Å². The summed E-state index contributed by atoms with van der Waals surface area (Å²) < 4.78 is 0. The lowest BCUT2D eigenvalue weighted by molar-refractivity contribution is -0.112. The second-order valence-electron chi connectivity index (χ2n) is 7.00. The highest BCUT2D eigenvalue weighted by molar-refractivity contribution is 6.47. The highest BCUT2D eigenvalue weighted by atomic mass is 16.2. The molecule has 1 aromatic rings. The SMILES string of the molecule is C/C=C\c1ccccc1N1C(=O)C(C(C)CC)=N/C1=C(\CCCNC(=N)N)NC. The van der Waals surface area contributed by atoms with Crippen molar-refractivity contribution in [3.63, 3.8) is 0 Å². The normalized spacial score (nSPS) is 16.8. The molecule has 0 spiro atoms. The quantitative estimate of drug-likeness (QED) is 0.292. The minimum atomic E-state index is -0.0686. The lowest BCUT2D eigenvalue weighted by Gasteiger charge is -2.22. The van der Waals surface area contributed by atoms with E-state index >= 15 is 0 Å². The summed E-state index contributed by atoms with van der Waals surface area (Å²) in [6, 6.07) is 7.85. The van der Waals surface area contributed by atoms with Crippen molar-refractivity contribution in [2.75, 3.05) is 18.5 Å². The van der Waals surface area contributed by atoms with Crippen LogP contribution >= 0.6 is 0 Å². The number of amides is 1. The standard InChI is InChI=1S/C22H32N6O/c1-5-10-16-11-7-8-13-18(16)28-20(27-19(21(28)29)15(3)6-2)17(25-4)12-9-14-26-22(23)24/h5,7-8,10-11,13,15,25H,6,9,12,14H2,1-4H3,(H4,23,24,26)/b10-5-,20-17-. The van der Waals surface area contributed by atoms with Gasteiger partial charge >= 0.3 is 0 Å². The molecule has 7 nitrogen and oxygen atoms in total. The van der Waals surface area contributed by atoms with Crippen LogP contribution in [0.4, 0.5) is 5.69 Å². The smallest absolute Gasteiger partial charge is 0.278 e. The van der Waals surface area contributed by atoms with Gasteiger partial charge in [0.1, 0.15) is 5.71 Å².